The monoisotopic (exact) mass is 315 g/mol. The lowest BCUT2D eigenvalue weighted by molar-refractivity contribution is 0.101. The first kappa shape index (κ1) is 15.6. The molecule has 0 aliphatic rings. The molecule has 1 aromatic heterocycles. The summed E-state index contributed by atoms with van der Waals surface area (Å²) in [5.41, 5.74) is 4.14. The van der Waals surface area contributed by atoms with Gasteiger partial charge in [-0.3, -0.25) is 9.48 Å². The van der Waals surface area contributed by atoms with E-state index in [1.807, 2.05) is 55.5 Å². The highest BCUT2D eigenvalue weighted by molar-refractivity contribution is 6.03. The van der Waals surface area contributed by atoms with E-state index in [0.717, 1.165) is 22.4 Å². The lowest BCUT2D eigenvalue weighted by Gasteiger charge is -2.08. The Morgan fingerprint density at radius 2 is 1.79 bits per heavy atom. The van der Waals surface area contributed by atoms with Crippen LogP contribution in [0.25, 0.3) is 0 Å². The van der Waals surface area contributed by atoms with Crippen molar-refractivity contribution in [2.24, 2.45) is 7.05 Å². The van der Waals surface area contributed by atoms with Crippen molar-refractivity contribution < 1.29 is 4.79 Å². The van der Waals surface area contributed by atoms with E-state index < -0.39 is 0 Å². The predicted molar refractivity (Wildman–Crippen MR) is 94.8 cm³/mol. The smallest absolute Gasteiger partial charge is 0.273 e. The zero-order valence-corrected chi connectivity index (χ0v) is 13.6. The molecule has 0 bridgehead atoms. The Kier molecular flexibility index (Phi) is 4.44. The molecule has 118 valence electrons. The summed E-state index contributed by atoms with van der Waals surface area (Å²) in [6.45, 7) is 1.95. The van der Waals surface area contributed by atoms with E-state index in [2.05, 4.69) is 22.3 Å². The van der Waals surface area contributed by atoms with E-state index in [1.54, 1.807) is 24.0 Å². The lowest BCUT2D eigenvalue weighted by Crippen LogP contribution is -2.16. The fourth-order valence-electron chi connectivity index (χ4n) is 2.33. The van der Waals surface area contributed by atoms with E-state index >= 15 is 0 Å². The van der Waals surface area contributed by atoms with Gasteiger partial charge in [0.2, 0.25) is 0 Å². The first-order chi connectivity index (χ1) is 11.6. The number of rotatable bonds is 2. The van der Waals surface area contributed by atoms with Crippen LogP contribution in [0.5, 0.6) is 0 Å². The number of anilines is 1. The van der Waals surface area contributed by atoms with Crippen molar-refractivity contribution >= 4 is 11.6 Å². The molecule has 24 heavy (non-hydrogen) atoms. The SMILES string of the molecule is Cc1cc(C#Cc2ccccc2)ccc1NC(=O)c1ccnn1C. The highest BCUT2D eigenvalue weighted by atomic mass is 16.2. The van der Waals surface area contributed by atoms with Gasteiger partial charge >= 0.3 is 0 Å². The van der Waals surface area contributed by atoms with E-state index in [4.69, 9.17) is 0 Å². The quantitative estimate of drug-likeness (QED) is 0.737. The maximum atomic E-state index is 12.2. The van der Waals surface area contributed by atoms with Crippen molar-refractivity contribution in [3.63, 3.8) is 0 Å². The standard InChI is InChI=1S/C20H17N3O/c1-15-14-17(9-8-16-6-4-3-5-7-16)10-11-18(15)22-20(24)19-12-13-21-23(19)2/h3-7,10-14H,1-2H3,(H,22,24). The number of nitrogens with zero attached hydrogens (tertiary/aromatic N) is 2. The maximum Gasteiger partial charge on any atom is 0.273 e. The van der Waals surface area contributed by atoms with Gasteiger partial charge in [0.25, 0.3) is 5.91 Å². The van der Waals surface area contributed by atoms with Crippen LogP contribution < -0.4 is 5.32 Å². The second-order valence-corrected chi connectivity index (χ2v) is 5.44. The Balaban J connectivity index is 1.77. The second-order valence-electron chi connectivity index (χ2n) is 5.44. The van der Waals surface area contributed by atoms with Gasteiger partial charge in [0.1, 0.15) is 5.69 Å². The third kappa shape index (κ3) is 3.53. The Morgan fingerprint density at radius 1 is 1.04 bits per heavy atom. The van der Waals surface area contributed by atoms with Crippen LogP contribution in [0, 0.1) is 18.8 Å². The summed E-state index contributed by atoms with van der Waals surface area (Å²) in [4.78, 5) is 12.2. The average Bonchev–Trinajstić information content (AvgIpc) is 3.02. The topological polar surface area (TPSA) is 46.9 Å². The Bertz CT molecular complexity index is 930. The van der Waals surface area contributed by atoms with Crippen LogP contribution in [0.1, 0.15) is 27.2 Å². The van der Waals surface area contributed by atoms with Gasteiger partial charge in [-0.2, -0.15) is 5.10 Å². The number of amides is 1. The molecule has 0 spiro atoms. The Morgan fingerprint density at radius 3 is 2.46 bits per heavy atom. The molecule has 0 radical (unpaired) electrons. The summed E-state index contributed by atoms with van der Waals surface area (Å²) >= 11 is 0. The molecule has 1 heterocycles. The summed E-state index contributed by atoms with van der Waals surface area (Å²) in [5.74, 6) is 6.09. The minimum absolute atomic E-state index is 0.179. The molecule has 0 fully saturated rings. The fourth-order valence-corrected chi connectivity index (χ4v) is 2.33. The number of aromatic nitrogens is 2. The summed E-state index contributed by atoms with van der Waals surface area (Å²) in [5, 5.41) is 6.91. The first-order valence-electron chi connectivity index (χ1n) is 7.60. The minimum atomic E-state index is -0.179. The van der Waals surface area contributed by atoms with Crippen LogP contribution in [-0.4, -0.2) is 15.7 Å². The molecule has 3 rings (SSSR count). The molecule has 0 saturated heterocycles. The number of carbonyl (C=O) groups is 1. The molecule has 0 atom stereocenters. The fraction of sp³-hybridized carbons (Fsp3) is 0.100. The highest BCUT2D eigenvalue weighted by Crippen LogP contribution is 2.17. The zero-order valence-electron chi connectivity index (χ0n) is 13.6. The number of hydrogen-bond donors (Lipinski definition) is 1. The van der Waals surface area contributed by atoms with Gasteiger partial charge in [-0.15, -0.1) is 0 Å². The number of nitrogens with one attached hydrogen (secondary N) is 1. The summed E-state index contributed by atoms with van der Waals surface area (Å²) in [6, 6.07) is 17.3. The largest absolute Gasteiger partial charge is 0.320 e. The van der Waals surface area contributed by atoms with Gasteiger partial charge in [-0.1, -0.05) is 30.0 Å². The molecule has 4 heteroatoms. The molecule has 1 N–H and O–H groups in total. The Labute approximate surface area is 141 Å². The van der Waals surface area contributed by atoms with Crippen LogP contribution in [0.3, 0.4) is 0 Å². The van der Waals surface area contributed by atoms with Crippen LogP contribution in [0.4, 0.5) is 5.69 Å². The van der Waals surface area contributed by atoms with Crippen molar-refractivity contribution in [1.82, 2.24) is 9.78 Å². The molecule has 4 nitrogen and oxygen atoms in total. The molecule has 0 saturated carbocycles. The zero-order chi connectivity index (χ0) is 16.9. The summed E-state index contributed by atoms with van der Waals surface area (Å²) in [6.07, 6.45) is 1.60. The molecule has 0 aliphatic carbocycles. The minimum Gasteiger partial charge on any atom is -0.320 e. The third-order valence-electron chi connectivity index (χ3n) is 3.65. The molecule has 2 aromatic carbocycles. The number of hydrogen-bond acceptors (Lipinski definition) is 2. The second kappa shape index (κ2) is 6.84. The predicted octanol–water partition coefficient (Wildman–Crippen LogP) is 3.38. The Hall–Kier alpha value is -3.32. The van der Waals surface area contributed by atoms with Gasteiger partial charge in [0.15, 0.2) is 0 Å². The average molecular weight is 315 g/mol. The van der Waals surface area contributed by atoms with E-state index in [0.29, 0.717) is 5.69 Å². The van der Waals surface area contributed by atoms with Gasteiger partial charge < -0.3 is 5.32 Å². The third-order valence-corrected chi connectivity index (χ3v) is 3.65. The first-order valence-corrected chi connectivity index (χ1v) is 7.60. The highest BCUT2D eigenvalue weighted by Gasteiger charge is 2.11. The molecule has 3 aromatic rings. The van der Waals surface area contributed by atoms with E-state index in [1.165, 1.54) is 0 Å². The maximum absolute atomic E-state index is 12.2. The van der Waals surface area contributed by atoms with Gasteiger partial charge in [-0.05, 0) is 48.9 Å². The van der Waals surface area contributed by atoms with Crippen LogP contribution in [0.15, 0.2) is 60.8 Å². The number of aryl methyl sites for hydroxylation is 2. The van der Waals surface area contributed by atoms with Crippen molar-refractivity contribution in [3.8, 4) is 11.8 Å². The molecule has 1 amide bonds. The van der Waals surface area contributed by atoms with Crippen molar-refractivity contribution in [1.29, 1.82) is 0 Å². The van der Waals surface area contributed by atoms with Crippen LogP contribution in [-0.2, 0) is 7.05 Å². The van der Waals surface area contributed by atoms with Crippen LogP contribution >= 0.6 is 0 Å². The van der Waals surface area contributed by atoms with E-state index in [-0.39, 0.29) is 5.91 Å². The van der Waals surface area contributed by atoms with Crippen molar-refractivity contribution in [2.45, 2.75) is 6.92 Å². The van der Waals surface area contributed by atoms with Gasteiger partial charge in [0.05, 0.1) is 0 Å². The molecule has 0 unspecified atom stereocenters. The van der Waals surface area contributed by atoms with Gasteiger partial charge in [0, 0.05) is 30.1 Å². The van der Waals surface area contributed by atoms with Crippen LogP contribution in [0.2, 0.25) is 0 Å². The number of benzene rings is 2. The number of carbonyl (C=O) groups excluding carboxylic acids is 1. The van der Waals surface area contributed by atoms with Gasteiger partial charge in [-0.25, -0.2) is 0 Å². The lowest BCUT2D eigenvalue weighted by atomic mass is 10.1. The molecular formula is C20H17N3O. The van der Waals surface area contributed by atoms with Crippen molar-refractivity contribution in [3.05, 3.63) is 83.2 Å². The molecular weight excluding hydrogens is 298 g/mol. The van der Waals surface area contributed by atoms with Crippen molar-refractivity contribution in [2.75, 3.05) is 5.32 Å². The molecule has 0 aliphatic heterocycles. The summed E-state index contributed by atoms with van der Waals surface area (Å²) in [7, 11) is 1.74. The normalized spacial score (nSPS) is 9.92. The van der Waals surface area contributed by atoms with E-state index in [9.17, 15) is 4.79 Å². The summed E-state index contributed by atoms with van der Waals surface area (Å²) < 4.78 is 1.55.